The average Bonchev–Trinajstić information content (AvgIpc) is 3.48. The number of hydrogen-bond donors (Lipinski definition) is 0. The summed E-state index contributed by atoms with van der Waals surface area (Å²) >= 11 is 1.68. The summed E-state index contributed by atoms with van der Waals surface area (Å²) in [5.74, 6) is -0.0827. The highest BCUT2D eigenvalue weighted by Crippen LogP contribution is 2.33. The van der Waals surface area contributed by atoms with E-state index in [-0.39, 0.29) is 17.7 Å². The Hall–Kier alpha value is -2.27. The fraction of sp³-hybridized carbons (Fsp3) is 0.364. The highest BCUT2D eigenvalue weighted by atomic mass is 32.2. The molecule has 1 aliphatic heterocycles. The average molecular weight is 381 g/mol. The van der Waals surface area contributed by atoms with Crippen LogP contribution in [0.3, 0.4) is 0 Å². The van der Waals surface area contributed by atoms with Crippen LogP contribution in [0.4, 0.5) is 5.69 Å². The van der Waals surface area contributed by atoms with Crippen LogP contribution in [-0.2, 0) is 16.1 Å². The van der Waals surface area contributed by atoms with E-state index in [9.17, 15) is 9.59 Å². The highest BCUT2D eigenvalue weighted by molar-refractivity contribution is 7.98. The van der Waals surface area contributed by atoms with Gasteiger partial charge in [0.05, 0.1) is 5.92 Å². The molecule has 1 heterocycles. The van der Waals surface area contributed by atoms with E-state index in [0.717, 1.165) is 24.1 Å². The molecule has 2 aromatic carbocycles. The van der Waals surface area contributed by atoms with Gasteiger partial charge in [-0.05, 0) is 48.9 Å². The van der Waals surface area contributed by atoms with Crippen molar-refractivity contribution in [2.45, 2.75) is 36.7 Å². The zero-order valence-corrected chi connectivity index (χ0v) is 16.3. The van der Waals surface area contributed by atoms with Crippen LogP contribution in [0.25, 0.3) is 0 Å². The molecule has 0 aromatic heterocycles. The topological polar surface area (TPSA) is 40.6 Å². The molecule has 2 fully saturated rings. The van der Waals surface area contributed by atoms with Crippen molar-refractivity contribution < 1.29 is 9.59 Å². The molecule has 1 saturated heterocycles. The number of nitrogens with zero attached hydrogens (tertiary/aromatic N) is 2. The number of hydrogen-bond acceptors (Lipinski definition) is 3. The minimum atomic E-state index is -0.248. The molecule has 1 aliphatic carbocycles. The first-order chi connectivity index (χ1) is 13.2. The Balaban J connectivity index is 1.47. The molecule has 4 nitrogen and oxygen atoms in total. The molecule has 4 rings (SSSR count). The molecule has 1 saturated carbocycles. The molecule has 0 spiro atoms. The van der Waals surface area contributed by atoms with Crippen LogP contribution in [0.1, 0.15) is 24.8 Å². The van der Waals surface area contributed by atoms with Crippen LogP contribution in [0, 0.1) is 5.92 Å². The maximum atomic E-state index is 13.2. The number of amides is 2. The molecular formula is C22H24N2O2S. The molecule has 5 heteroatoms. The highest BCUT2D eigenvalue weighted by Gasteiger charge is 2.41. The van der Waals surface area contributed by atoms with Crippen LogP contribution in [-0.4, -0.2) is 35.6 Å². The van der Waals surface area contributed by atoms with Gasteiger partial charge in [-0.2, -0.15) is 0 Å². The van der Waals surface area contributed by atoms with Gasteiger partial charge in [-0.1, -0.05) is 30.3 Å². The van der Waals surface area contributed by atoms with E-state index in [4.69, 9.17) is 0 Å². The summed E-state index contributed by atoms with van der Waals surface area (Å²) in [6.07, 6.45) is 4.48. The summed E-state index contributed by atoms with van der Waals surface area (Å²) in [5, 5.41) is 0. The number of rotatable bonds is 6. The summed E-state index contributed by atoms with van der Waals surface area (Å²) < 4.78 is 0. The molecule has 0 radical (unpaired) electrons. The maximum Gasteiger partial charge on any atom is 0.228 e. The number of anilines is 1. The number of benzene rings is 2. The van der Waals surface area contributed by atoms with Gasteiger partial charge in [0.1, 0.15) is 0 Å². The molecule has 0 bridgehead atoms. The molecular weight excluding hydrogens is 356 g/mol. The van der Waals surface area contributed by atoms with Crippen molar-refractivity contribution in [1.82, 2.24) is 4.90 Å². The van der Waals surface area contributed by atoms with Gasteiger partial charge in [-0.15, -0.1) is 11.8 Å². The van der Waals surface area contributed by atoms with E-state index < -0.39 is 0 Å². The summed E-state index contributed by atoms with van der Waals surface area (Å²) in [7, 11) is 0. The van der Waals surface area contributed by atoms with Crippen LogP contribution in [0.5, 0.6) is 0 Å². The van der Waals surface area contributed by atoms with E-state index >= 15 is 0 Å². The van der Waals surface area contributed by atoms with E-state index in [1.54, 1.807) is 16.7 Å². The van der Waals surface area contributed by atoms with Crippen molar-refractivity contribution in [3.05, 3.63) is 60.2 Å². The second-order valence-electron chi connectivity index (χ2n) is 7.29. The van der Waals surface area contributed by atoms with Crippen LogP contribution in [0.2, 0.25) is 0 Å². The van der Waals surface area contributed by atoms with E-state index in [1.165, 1.54) is 4.90 Å². The fourth-order valence-corrected chi connectivity index (χ4v) is 4.08. The summed E-state index contributed by atoms with van der Waals surface area (Å²) in [4.78, 5) is 30.7. The van der Waals surface area contributed by atoms with Crippen molar-refractivity contribution in [2.75, 3.05) is 17.7 Å². The quantitative estimate of drug-likeness (QED) is 0.713. The number of thioether (sulfide) groups is 1. The van der Waals surface area contributed by atoms with Gasteiger partial charge < -0.3 is 9.80 Å². The van der Waals surface area contributed by atoms with Crippen LogP contribution < -0.4 is 4.90 Å². The zero-order chi connectivity index (χ0) is 18.8. The van der Waals surface area contributed by atoms with Crippen molar-refractivity contribution >= 4 is 29.3 Å². The van der Waals surface area contributed by atoms with E-state index in [2.05, 4.69) is 12.1 Å². The minimum Gasteiger partial charge on any atom is -0.335 e. The van der Waals surface area contributed by atoms with Gasteiger partial charge in [0.2, 0.25) is 11.8 Å². The van der Waals surface area contributed by atoms with Crippen molar-refractivity contribution in [3.63, 3.8) is 0 Å². The molecule has 1 atom stereocenters. The lowest BCUT2D eigenvalue weighted by Crippen LogP contribution is -2.38. The van der Waals surface area contributed by atoms with Crippen molar-refractivity contribution in [3.8, 4) is 0 Å². The molecule has 140 valence electrons. The third-order valence-electron chi connectivity index (χ3n) is 5.32. The minimum absolute atomic E-state index is 0.0423. The lowest BCUT2D eigenvalue weighted by molar-refractivity contribution is -0.137. The van der Waals surface area contributed by atoms with Crippen molar-refractivity contribution in [2.24, 2.45) is 5.92 Å². The maximum absolute atomic E-state index is 13.2. The SMILES string of the molecule is CSc1ccc(N2CC(C(=O)N(Cc3ccccc3)C3CC3)CC2=O)cc1. The van der Waals surface area contributed by atoms with Crippen LogP contribution in [0.15, 0.2) is 59.5 Å². The van der Waals surface area contributed by atoms with Gasteiger partial charge in [-0.3, -0.25) is 9.59 Å². The Morgan fingerprint density at radius 3 is 2.44 bits per heavy atom. The van der Waals surface area contributed by atoms with Gasteiger partial charge in [0.25, 0.3) is 0 Å². The zero-order valence-electron chi connectivity index (χ0n) is 15.5. The fourth-order valence-electron chi connectivity index (χ4n) is 3.67. The van der Waals surface area contributed by atoms with E-state index in [0.29, 0.717) is 25.6 Å². The molecule has 2 amide bonds. The first-order valence-electron chi connectivity index (χ1n) is 9.44. The largest absolute Gasteiger partial charge is 0.335 e. The third-order valence-corrected chi connectivity index (χ3v) is 6.07. The molecule has 27 heavy (non-hydrogen) atoms. The molecule has 2 aliphatic rings. The van der Waals surface area contributed by atoms with Crippen molar-refractivity contribution in [1.29, 1.82) is 0 Å². The van der Waals surface area contributed by atoms with E-state index in [1.807, 2.05) is 53.6 Å². The monoisotopic (exact) mass is 380 g/mol. The van der Waals surface area contributed by atoms with Gasteiger partial charge in [0.15, 0.2) is 0 Å². The Kier molecular flexibility index (Phi) is 5.21. The predicted octanol–water partition coefficient (Wildman–Crippen LogP) is 3.95. The first kappa shape index (κ1) is 18.1. The lowest BCUT2D eigenvalue weighted by Gasteiger charge is -2.26. The van der Waals surface area contributed by atoms with Gasteiger partial charge >= 0.3 is 0 Å². The Bertz CT molecular complexity index is 818. The smallest absolute Gasteiger partial charge is 0.228 e. The summed E-state index contributed by atoms with van der Waals surface area (Å²) in [5.41, 5.74) is 2.03. The third kappa shape index (κ3) is 4.03. The Labute approximate surface area is 164 Å². The van der Waals surface area contributed by atoms with Gasteiger partial charge in [-0.25, -0.2) is 0 Å². The molecule has 0 N–H and O–H groups in total. The second-order valence-corrected chi connectivity index (χ2v) is 8.17. The molecule has 1 unspecified atom stereocenters. The first-order valence-corrected chi connectivity index (χ1v) is 10.7. The lowest BCUT2D eigenvalue weighted by atomic mass is 10.1. The number of carbonyl (C=O) groups excluding carboxylic acids is 2. The Morgan fingerprint density at radius 1 is 1.11 bits per heavy atom. The van der Waals surface area contributed by atoms with Crippen LogP contribution >= 0.6 is 11.8 Å². The summed E-state index contributed by atoms with van der Waals surface area (Å²) in [6, 6.07) is 18.4. The second kappa shape index (κ2) is 7.77. The predicted molar refractivity (Wildman–Crippen MR) is 109 cm³/mol. The normalized spacial score (nSPS) is 19.4. The van der Waals surface area contributed by atoms with Gasteiger partial charge in [0, 0.05) is 36.1 Å². The standard InChI is InChI=1S/C22H24N2O2S/c1-27-20-11-9-18(10-12-20)23-15-17(13-21(23)25)22(26)24(19-7-8-19)14-16-5-3-2-4-6-16/h2-6,9-12,17,19H,7-8,13-15H2,1H3. The summed E-state index contributed by atoms with van der Waals surface area (Å²) in [6.45, 7) is 1.12. The molecule has 2 aromatic rings. The number of carbonyl (C=O) groups is 2. The Morgan fingerprint density at radius 2 is 1.81 bits per heavy atom.